The second kappa shape index (κ2) is 5.35. The summed E-state index contributed by atoms with van der Waals surface area (Å²) in [7, 11) is 0. The van der Waals surface area contributed by atoms with Gasteiger partial charge < -0.3 is 5.73 Å². The Kier molecular flexibility index (Phi) is 3.52. The van der Waals surface area contributed by atoms with Gasteiger partial charge in [-0.1, -0.05) is 11.8 Å². The molecule has 0 radical (unpaired) electrons. The molecular weight excluding hydrogens is 244 g/mol. The number of likely N-dealkylation sites (tertiary alicyclic amines) is 1. The molecule has 0 amide bonds. The smallest absolute Gasteiger partial charge is 0.0602 e. The maximum absolute atomic E-state index is 6.04. The predicted molar refractivity (Wildman–Crippen MR) is 82.0 cm³/mol. The summed E-state index contributed by atoms with van der Waals surface area (Å²) < 4.78 is 0. The van der Waals surface area contributed by atoms with E-state index in [9.17, 15) is 0 Å². The fraction of sp³-hybridized carbons (Fsp3) is 0.889. The summed E-state index contributed by atoms with van der Waals surface area (Å²) in [5, 5.41) is 0. The average Bonchev–Trinajstić information content (AvgIpc) is 2.41. The normalized spacial score (nSPS) is 47.0. The van der Waals surface area contributed by atoms with Gasteiger partial charge in [-0.3, -0.25) is 4.90 Å². The summed E-state index contributed by atoms with van der Waals surface area (Å²) >= 11 is 0. The Hall–Kier alpha value is -0.520. The van der Waals surface area contributed by atoms with Gasteiger partial charge in [-0.25, -0.2) is 0 Å². The van der Waals surface area contributed by atoms with Crippen LogP contribution in [0.25, 0.3) is 0 Å². The molecule has 4 aliphatic carbocycles. The minimum atomic E-state index is 0.381. The molecule has 0 spiro atoms. The zero-order valence-corrected chi connectivity index (χ0v) is 12.6. The lowest BCUT2D eigenvalue weighted by Crippen LogP contribution is -2.44. The Labute approximate surface area is 123 Å². The van der Waals surface area contributed by atoms with Gasteiger partial charge in [0.2, 0.25) is 0 Å². The predicted octanol–water partition coefficient (Wildman–Crippen LogP) is 2.49. The van der Waals surface area contributed by atoms with E-state index in [1.807, 2.05) is 0 Å². The number of piperidine rings is 1. The van der Waals surface area contributed by atoms with E-state index in [0.717, 1.165) is 42.7 Å². The standard InChI is InChI=1S/C18H28N2/c19-17-3-1-5-20(12-17)6-2-4-18-15-8-13-7-14(10-15)11-16(18)9-13/h13-18H,1,3,5-12,19H2. The molecule has 5 fully saturated rings. The second-order valence-electron chi connectivity index (χ2n) is 7.92. The minimum Gasteiger partial charge on any atom is -0.327 e. The molecule has 4 bridgehead atoms. The fourth-order valence-corrected chi connectivity index (χ4v) is 5.67. The van der Waals surface area contributed by atoms with Crippen molar-refractivity contribution in [3.05, 3.63) is 0 Å². The average molecular weight is 272 g/mol. The molecule has 5 aliphatic rings. The highest BCUT2D eigenvalue weighted by Gasteiger charge is 2.47. The summed E-state index contributed by atoms with van der Waals surface area (Å²) in [5.74, 6) is 12.0. The molecule has 20 heavy (non-hydrogen) atoms. The molecule has 1 atom stereocenters. The highest BCUT2D eigenvalue weighted by Crippen LogP contribution is 2.56. The van der Waals surface area contributed by atoms with Gasteiger partial charge >= 0.3 is 0 Å². The van der Waals surface area contributed by atoms with Crippen molar-refractivity contribution >= 4 is 0 Å². The SMILES string of the molecule is NC1CCCN(CC#CC2C3CC4CC(C3)CC2C4)C1. The molecule has 0 aromatic heterocycles. The summed E-state index contributed by atoms with van der Waals surface area (Å²) in [6.07, 6.45) is 9.93. The minimum absolute atomic E-state index is 0.381. The van der Waals surface area contributed by atoms with E-state index in [4.69, 9.17) is 5.73 Å². The summed E-state index contributed by atoms with van der Waals surface area (Å²) in [6, 6.07) is 0.381. The third-order valence-electron chi connectivity index (χ3n) is 6.34. The van der Waals surface area contributed by atoms with Gasteiger partial charge in [0, 0.05) is 18.5 Å². The first-order valence-electron chi connectivity index (χ1n) is 8.74. The second-order valence-corrected chi connectivity index (χ2v) is 7.92. The number of hydrogen-bond acceptors (Lipinski definition) is 2. The van der Waals surface area contributed by atoms with Crippen LogP contribution in [-0.4, -0.2) is 30.6 Å². The van der Waals surface area contributed by atoms with Crippen molar-refractivity contribution in [2.45, 2.75) is 51.0 Å². The van der Waals surface area contributed by atoms with E-state index < -0.39 is 0 Å². The molecule has 5 rings (SSSR count). The highest BCUT2D eigenvalue weighted by molar-refractivity contribution is 5.14. The first-order valence-corrected chi connectivity index (χ1v) is 8.74. The topological polar surface area (TPSA) is 29.3 Å². The van der Waals surface area contributed by atoms with Gasteiger partial charge in [-0.05, 0) is 75.2 Å². The molecule has 1 unspecified atom stereocenters. The number of nitrogens with two attached hydrogens (primary N) is 1. The zero-order chi connectivity index (χ0) is 13.5. The molecule has 2 N–H and O–H groups in total. The summed E-state index contributed by atoms with van der Waals surface area (Å²) in [5.41, 5.74) is 6.04. The largest absolute Gasteiger partial charge is 0.327 e. The van der Waals surface area contributed by atoms with Gasteiger partial charge in [0.25, 0.3) is 0 Å². The third kappa shape index (κ3) is 2.51. The van der Waals surface area contributed by atoms with Crippen LogP contribution in [0.5, 0.6) is 0 Å². The third-order valence-corrected chi connectivity index (χ3v) is 6.34. The monoisotopic (exact) mass is 272 g/mol. The van der Waals surface area contributed by atoms with E-state index >= 15 is 0 Å². The van der Waals surface area contributed by atoms with Crippen molar-refractivity contribution in [3.63, 3.8) is 0 Å². The lowest BCUT2D eigenvalue weighted by atomic mass is 9.52. The first kappa shape index (κ1) is 13.2. The lowest BCUT2D eigenvalue weighted by molar-refractivity contribution is -0.0123. The highest BCUT2D eigenvalue weighted by atomic mass is 15.1. The lowest BCUT2D eigenvalue weighted by Gasteiger charge is -2.53. The van der Waals surface area contributed by atoms with Crippen molar-refractivity contribution in [3.8, 4) is 11.8 Å². The van der Waals surface area contributed by atoms with Gasteiger partial charge in [-0.2, -0.15) is 0 Å². The van der Waals surface area contributed by atoms with E-state index in [2.05, 4.69) is 16.7 Å². The summed E-state index contributed by atoms with van der Waals surface area (Å²) in [4.78, 5) is 2.46. The quantitative estimate of drug-likeness (QED) is 0.743. The van der Waals surface area contributed by atoms with E-state index in [1.54, 1.807) is 6.42 Å². The number of nitrogens with zero attached hydrogens (tertiary/aromatic N) is 1. The van der Waals surface area contributed by atoms with Crippen LogP contribution in [0.3, 0.4) is 0 Å². The number of hydrogen-bond donors (Lipinski definition) is 1. The first-order chi connectivity index (χ1) is 9.78. The Morgan fingerprint density at radius 1 is 1.00 bits per heavy atom. The molecule has 1 aliphatic heterocycles. The van der Waals surface area contributed by atoms with Crippen molar-refractivity contribution in [2.75, 3.05) is 19.6 Å². The fourth-order valence-electron chi connectivity index (χ4n) is 5.67. The molecule has 4 saturated carbocycles. The Morgan fingerprint density at radius 2 is 1.70 bits per heavy atom. The summed E-state index contributed by atoms with van der Waals surface area (Å²) in [6.45, 7) is 3.21. The van der Waals surface area contributed by atoms with Crippen molar-refractivity contribution in [1.82, 2.24) is 4.90 Å². The molecule has 2 heteroatoms. The maximum atomic E-state index is 6.04. The molecule has 0 aromatic carbocycles. The van der Waals surface area contributed by atoms with Crippen LogP contribution >= 0.6 is 0 Å². The zero-order valence-electron chi connectivity index (χ0n) is 12.6. The van der Waals surface area contributed by atoms with Crippen LogP contribution in [-0.2, 0) is 0 Å². The molecule has 1 saturated heterocycles. The van der Waals surface area contributed by atoms with Crippen molar-refractivity contribution < 1.29 is 0 Å². The molecular formula is C18H28N2. The van der Waals surface area contributed by atoms with Crippen LogP contribution in [0.15, 0.2) is 0 Å². The Bertz CT molecular complexity index is 391. The molecule has 2 nitrogen and oxygen atoms in total. The van der Waals surface area contributed by atoms with Gasteiger partial charge in [0.05, 0.1) is 6.54 Å². The number of rotatable bonds is 1. The maximum Gasteiger partial charge on any atom is 0.0602 e. The van der Waals surface area contributed by atoms with Crippen molar-refractivity contribution in [2.24, 2.45) is 35.3 Å². The van der Waals surface area contributed by atoms with Gasteiger partial charge in [0.1, 0.15) is 0 Å². The molecule has 110 valence electrons. The Morgan fingerprint density at radius 3 is 2.35 bits per heavy atom. The molecule has 0 aromatic rings. The van der Waals surface area contributed by atoms with E-state index in [1.165, 1.54) is 45.1 Å². The van der Waals surface area contributed by atoms with Gasteiger partial charge in [0.15, 0.2) is 0 Å². The van der Waals surface area contributed by atoms with Crippen LogP contribution < -0.4 is 5.73 Å². The van der Waals surface area contributed by atoms with Crippen LogP contribution in [0.2, 0.25) is 0 Å². The van der Waals surface area contributed by atoms with E-state index in [-0.39, 0.29) is 0 Å². The van der Waals surface area contributed by atoms with E-state index in [0.29, 0.717) is 6.04 Å². The van der Waals surface area contributed by atoms with Gasteiger partial charge in [-0.15, -0.1) is 0 Å². The van der Waals surface area contributed by atoms with Crippen molar-refractivity contribution in [1.29, 1.82) is 0 Å². The Balaban J connectivity index is 1.36. The molecule has 1 heterocycles. The van der Waals surface area contributed by atoms with Crippen LogP contribution in [0, 0.1) is 41.4 Å². The van der Waals surface area contributed by atoms with Crippen LogP contribution in [0.1, 0.15) is 44.9 Å². The van der Waals surface area contributed by atoms with Crippen LogP contribution in [0.4, 0.5) is 0 Å².